The Labute approximate surface area is 106 Å². The minimum atomic E-state index is -0.305. The molecule has 0 amide bonds. The first kappa shape index (κ1) is 14.9. The van der Waals surface area contributed by atoms with Crippen LogP contribution < -0.4 is 5.73 Å². The average Bonchev–Trinajstić information content (AvgIpc) is 2.30. The quantitative estimate of drug-likeness (QED) is 0.778. The van der Waals surface area contributed by atoms with E-state index in [1.54, 1.807) is 7.11 Å². The number of nitrogens with two attached hydrogens (primary N) is 1. The predicted molar refractivity (Wildman–Crippen MR) is 70.8 cm³/mol. The Hall–Kier alpha value is -0.120. The molecule has 0 heterocycles. The molecule has 0 spiro atoms. The van der Waals surface area contributed by atoms with Crippen molar-refractivity contribution in [2.45, 2.75) is 52.6 Å². The summed E-state index contributed by atoms with van der Waals surface area (Å²) in [6.45, 7) is 7.84. The van der Waals surface area contributed by atoms with Crippen LogP contribution in [-0.4, -0.2) is 31.5 Å². The molecule has 1 aliphatic rings. The van der Waals surface area contributed by atoms with Crippen molar-refractivity contribution in [3.63, 3.8) is 0 Å². The van der Waals surface area contributed by atoms with Gasteiger partial charge in [0.05, 0.1) is 6.10 Å². The molecule has 1 rings (SSSR count). The summed E-state index contributed by atoms with van der Waals surface area (Å²) in [5, 5.41) is 10.7. The zero-order valence-electron chi connectivity index (χ0n) is 11.8. The maximum atomic E-state index is 10.7. The number of ether oxygens (including phenoxy) is 1. The largest absolute Gasteiger partial charge is 0.392 e. The van der Waals surface area contributed by atoms with Gasteiger partial charge in [-0.2, -0.15) is 0 Å². The molecule has 0 aromatic heterocycles. The van der Waals surface area contributed by atoms with Crippen LogP contribution in [0.25, 0.3) is 0 Å². The van der Waals surface area contributed by atoms with Crippen molar-refractivity contribution in [3.8, 4) is 0 Å². The Morgan fingerprint density at radius 2 is 2.06 bits per heavy atom. The van der Waals surface area contributed by atoms with Gasteiger partial charge in [0, 0.05) is 25.7 Å². The molecule has 3 nitrogen and oxygen atoms in total. The van der Waals surface area contributed by atoms with Gasteiger partial charge in [0.15, 0.2) is 0 Å². The maximum Gasteiger partial charge on any atom is 0.0661 e. The van der Waals surface area contributed by atoms with Crippen LogP contribution in [0.4, 0.5) is 0 Å². The van der Waals surface area contributed by atoms with E-state index in [2.05, 4.69) is 20.8 Å². The number of hydrogen-bond acceptors (Lipinski definition) is 3. The Kier molecular flexibility index (Phi) is 4.99. The van der Waals surface area contributed by atoms with E-state index in [4.69, 9.17) is 10.5 Å². The molecule has 0 saturated heterocycles. The lowest BCUT2D eigenvalue weighted by atomic mass is 9.56. The summed E-state index contributed by atoms with van der Waals surface area (Å²) < 4.78 is 5.16. The minimum absolute atomic E-state index is 0.0149. The molecular formula is C14H29NO2. The number of rotatable bonds is 5. The smallest absolute Gasteiger partial charge is 0.0661 e. The second-order valence-corrected chi connectivity index (χ2v) is 6.36. The van der Waals surface area contributed by atoms with Crippen LogP contribution in [-0.2, 0) is 4.74 Å². The fourth-order valence-corrected chi connectivity index (χ4v) is 3.44. The lowest BCUT2D eigenvalue weighted by Gasteiger charge is -2.52. The third-order valence-electron chi connectivity index (χ3n) is 4.86. The summed E-state index contributed by atoms with van der Waals surface area (Å²) in [7, 11) is 1.73. The molecule has 17 heavy (non-hydrogen) atoms. The molecule has 1 saturated carbocycles. The first-order valence-electron chi connectivity index (χ1n) is 6.78. The third kappa shape index (κ3) is 2.83. The maximum absolute atomic E-state index is 10.7. The van der Waals surface area contributed by atoms with Gasteiger partial charge in [-0.3, -0.25) is 0 Å². The summed E-state index contributed by atoms with van der Waals surface area (Å²) in [4.78, 5) is 0. The van der Waals surface area contributed by atoms with Crippen molar-refractivity contribution in [2.24, 2.45) is 22.5 Å². The molecule has 0 aromatic carbocycles. The summed E-state index contributed by atoms with van der Waals surface area (Å²) in [6.07, 6.45) is 3.96. The van der Waals surface area contributed by atoms with E-state index in [9.17, 15) is 5.11 Å². The standard InChI is InChI=1S/C14H29NO2/c1-11(6-9-17-4)14(10-15)8-5-7-13(2,3)12(14)16/h11-12,16H,5-10,15H2,1-4H3. The second-order valence-electron chi connectivity index (χ2n) is 6.36. The van der Waals surface area contributed by atoms with Crippen molar-refractivity contribution in [3.05, 3.63) is 0 Å². The van der Waals surface area contributed by atoms with E-state index >= 15 is 0 Å². The van der Waals surface area contributed by atoms with Crippen LogP contribution in [0, 0.1) is 16.7 Å². The second kappa shape index (κ2) is 5.68. The molecule has 3 atom stereocenters. The van der Waals surface area contributed by atoms with E-state index in [0.29, 0.717) is 12.5 Å². The van der Waals surface area contributed by atoms with Crippen molar-refractivity contribution in [1.82, 2.24) is 0 Å². The van der Waals surface area contributed by atoms with Gasteiger partial charge in [0.2, 0.25) is 0 Å². The monoisotopic (exact) mass is 243 g/mol. The lowest BCUT2D eigenvalue weighted by molar-refractivity contribution is -0.117. The molecule has 0 radical (unpaired) electrons. The van der Waals surface area contributed by atoms with Gasteiger partial charge in [-0.25, -0.2) is 0 Å². The van der Waals surface area contributed by atoms with Gasteiger partial charge in [-0.1, -0.05) is 27.2 Å². The van der Waals surface area contributed by atoms with Crippen LogP contribution in [0.1, 0.15) is 46.5 Å². The summed E-state index contributed by atoms with van der Waals surface area (Å²) >= 11 is 0. The molecule has 0 aliphatic heterocycles. The molecule has 3 N–H and O–H groups in total. The molecule has 0 aromatic rings. The number of aliphatic hydroxyl groups is 1. The van der Waals surface area contributed by atoms with Crippen molar-refractivity contribution in [1.29, 1.82) is 0 Å². The van der Waals surface area contributed by atoms with E-state index in [0.717, 1.165) is 25.9 Å². The number of methoxy groups -OCH3 is 1. The van der Waals surface area contributed by atoms with Gasteiger partial charge < -0.3 is 15.6 Å². The van der Waals surface area contributed by atoms with E-state index in [1.807, 2.05) is 0 Å². The zero-order valence-corrected chi connectivity index (χ0v) is 11.8. The Morgan fingerprint density at radius 3 is 2.59 bits per heavy atom. The third-order valence-corrected chi connectivity index (χ3v) is 4.86. The fraction of sp³-hybridized carbons (Fsp3) is 1.00. The SMILES string of the molecule is COCCC(C)C1(CN)CCCC(C)(C)C1O. The normalized spacial score (nSPS) is 34.6. The van der Waals surface area contributed by atoms with Crippen molar-refractivity contribution >= 4 is 0 Å². The Balaban J connectivity index is 2.85. The molecule has 102 valence electrons. The van der Waals surface area contributed by atoms with Gasteiger partial charge >= 0.3 is 0 Å². The van der Waals surface area contributed by atoms with Crippen LogP contribution in [0.5, 0.6) is 0 Å². The van der Waals surface area contributed by atoms with Gasteiger partial charge in [0.1, 0.15) is 0 Å². The molecule has 1 aliphatic carbocycles. The highest BCUT2D eigenvalue weighted by molar-refractivity contribution is 5.01. The fourth-order valence-electron chi connectivity index (χ4n) is 3.44. The summed E-state index contributed by atoms with van der Waals surface area (Å²) in [6, 6.07) is 0. The highest BCUT2D eigenvalue weighted by Crippen LogP contribution is 2.50. The van der Waals surface area contributed by atoms with E-state index < -0.39 is 0 Å². The van der Waals surface area contributed by atoms with E-state index in [-0.39, 0.29) is 16.9 Å². The first-order chi connectivity index (χ1) is 7.90. The van der Waals surface area contributed by atoms with Crippen LogP contribution in [0.15, 0.2) is 0 Å². The average molecular weight is 243 g/mol. The topological polar surface area (TPSA) is 55.5 Å². The van der Waals surface area contributed by atoms with Crippen LogP contribution >= 0.6 is 0 Å². The summed E-state index contributed by atoms with van der Waals surface area (Å²) in [5.41, 5.74) is 5.88. The zero-order chi connectivity index (χ0) is 13.1. The Morgan fingerprint density at radius 1 is 1.41 bits per heavy atom. The van der Waals surface area contributed by atoms with Crippen molar-refractivity contribution < 1.29 is 9.84 Å². The lowest BCUT2D eigenvalue weighted by Crippen LogP contribution is -2.55. The number of aliphatic hydroxyl groups excluding tert-OH is 1. The summed E-state index contributed by atoms with van der Waals surface area (Å²) in [5.74, 6) is 0.405. The molecule has 3 heteroatoms. The minimum Gasteiger partial charge on any atom is -0.392 e. The highest BCUT2D eigenvalue weighted by atomic mass is 16.5. The molecular weight excluding hydrogens is 214 g/mol. The van der Waals surface area contributed by atoms with Crippen LogP contribution in [0.3, 0.4) is 0 Å². The van der Waals surface area contributed by atoms with Gasteiger partial charge in [0.25, 0.3) is 0 Å². The van der Waals surface area contributed by atoms with Gasteiger partial charge in [-0.05, 0) is 30.6 Å². The van der Waals surface area contributed by atoms with Crippen LogP contribution in [0.2, 0.25) is 0 Å². The van der Waals surface area contributed by atoms with Gasteiger partial charge in [-0.15, -0.1) is 0 Å². The van der Waals surface area contributed by atoms with Crippen molar-refractivity contribution in [2.75, 3.05) is 20.3 Å². The molecule has 1 fully saturated rings. The highest BCUT2D eigenvalue weighted by Gasteiger charge is 2.50. The first-order valence-corrected chi connectivity index (χ1v) is 6.78. The Bertz CT molecular complexity index is 242. The molecule has 0 bridgehead atoms. The molecule has 3 unspecified atom stereocenters. The van der Waals surface area contributed by atoms with E-state index in [1.165, 1.54) is 6.42 Å². The predicted octanol–water partition coefficient (Wildman–Crippen LogP) is 2.18. The number of hydrogen-bond donors (Lipinski definition) is 2.